The van der Waals surface area contributed by atoms with Crippen LogP contribution in [-0.4, -0.2) is 32.2 Å². The van der Waals surface area contributed by atoms with E-state index in [0.717, 1.165) is 6.92 Å². The predicted octanol–water partition coefficient (Wildman–Crippen LogP) is 5.70. The van der Waals surface area contributed by atoms with Crippen LogP contribution >= 0.6 is 15.9 Å². The lowest BCUT2D eigenvalue weighted by molar-refractivity contribution is -0.295. The van der Waals surface area contributed by atoms with E-state index < -0.39 is 77.8 Å². The zero-order chi connectivity index (χ0) is 26.4. The third-order valence-electron chi connectivity index (χ3n) is 4.35. The Kier molecular flexibility index (Phi) is 7.30. The lowest BCUT2D eigenvalue weighted by atomic mass is 10.1. The SMILES string of the molecule is CCS(=O)(=O)c1cc(C(F)(F)F)ccc1C(=O)N(C(C)=O)c1cc(C(F)(F)C(F)(F)F)oc1Br. The van der Waals surface area contributed by atoms with E-state index >= 15 is 0 Å². The van der Waals surface area contributed by atoms with Crippen LogP contribution in [0.3, 0.4) is 0 Å². The molecule has 0 spiro atoms. The van der Waals surface area contributed by atoms with Gasteiger partial charge in [0.25, 0.3) is 5.91 Å². The predicted molar refractivity (Wildman–Crippen MR) is 103 cm³/mol. The van der Waals surface area contributed by atoms with Crippen LogP contribution in [0.15, 0.2) is 38.2 Å². The van der Waals surface area contributed by atoms with Crippen molar-refractivity contribution < 1.29 is 57.5 Å². The Balaban J connectivity index is 2.74. The molecule has 0 radical (unpaired) electrons. The minimum Gasteiger partial charge on any atom is -0.445 e. The van der Waals surface area contributed by atoms with Gasteiger partial charge in [-0.1, -0.05) is 6.92 Å². The summed E-state index contributed by atoms with van der Waals surface area (Å²) in [4.78, 5) is 24.0. The van der Waals surface area contributed by atoms with Crippen molar-refractivity contribution in [1.29, 1.82) is 0 Å². The van der Waals surface area contributed by atoms with Crippen LogP contribution in [0.2, 0.25) is 0 Å². The molecule has 1 heterocycles. The molecule has 0 aliphatic carbocycles. The molecule has 16 heteroatoms. The van der Waals surface area contributed by atoms with Crippen molar-refractivity contribution in [3.8, 4) is 0 Å². The molecule has 1 aromatic carbocycles. The molecule has 34 heavy (non-hydrogen) atoms. The quantitative estimate of drug-likeness (QED) is 0.420. The van der Waals surface area contributed by atoms with Crippen LogP contribution in [-0.2, 0) is 26.7 Å². The van der Waals surface area contributed by atoms with Crippen molar-refractivity contribution in [3.05, 3.63) is 45.8 Å². The zero-order valence-corrected chi connectivity index (χ0v) is 19.2. The van der Waals surface area contributed by atoms with Crippen LogP contribution in [0, 0.1) is 0 Å². The summed E-state index contributed by atoms with van der Waals surface area (Å²) in [6, 6.07) is 0.962. The molecule has 0 atom stereocenters. The topological polar surface area (TPSA) is 84.7 Å². The molecule has 6 nitrogen and oxygen atoms in total. The Morgan fingerprint density at radius 1 is 1.03 bits per heavy atom. The second kappa shape index (κ2) is 8.94. The van der Waals surface area contributed by atoms with Gasteiger partial charge in [-0.15, -0.1) is 0 Å². The Hall–Kier alpha value is -2.49. The third kappa shape index (κ3) is 5.11. The first kappa shape index (κ1) is 27.8. The lowest BCUT2D eigenvalue weighted by Gasteiger charge is -2.20. The fourth-order valence-electron chi connectivity index (χ4n) is 2.64. The number of sulfone groups is 1. The molecule has 1 aromatic heterocycles. The third-order valence-corrected chi connectivity index (χ3v) is 6.68. The number of halogens is 9. The molecule has 0 saturated carbocycles. The van der Waals surface area contributed by atoms with Crippen molar-refractivity contribution >= 4 is 43.3 Å². The number of nitrogens with zero attached hydrogens (tertiary/aromatic N) is 1. The van der Waals surface area contributed by atoms with E-state index in [1.807, 2.05) is 0 Å². The van der Waals surface area contributed by atoms with Crippen LogP contribution in [0.4, 0.5) is 40.8 Å². The van der Waals surface area contributed by atoms with Gasteiger partial charge in [0, 0.05) is 13.0 Å². The van der Waals surface area contributed by atoms with Crippen LogP contribution in [0.25, 0.3) is 0 Å². The summed E-state index contributed by atoms with van der Waals surface area (Å²) in [7, 11) is -4.51. The number of carbonyl (C=O) groups is 2. The van der Waals surface area contributed by atoms with Crippen molar-refractivity contribution in [3.63, 3.8) is 0 Å². The van der Waals surface area contributed by atoms with E-state index in [9.17, 15) is 53.1 Å². The monoisotopic (exact) mass is 585 g/mol. The molecule has 2 rings (SSSR count). The number of alkyl halides is 8. The zero-order valence-electron chi connectivity index (χ0n) is 16.8. The summed E-state index contributed by atoms with van der Waals surface area (Å²) in [5.41, 5.74) is -3.36. The van der Waals surface area contributed by atoms with Gasteiger partial charge in [0.2, 0.25) is 5.91 Å². The number of imide groups is 1. The van der Waals surface area contributed by atoms with Crippen LogP contribution < -0.4 is 4.90 Å². The first-order valence-corrected chi connectivity index (χ1v) is 11.2. The molecule has 0 aliphatic heterocycles. The second-order valence-electron chi connectivity index (χ2n) is 6.61. The second-order valence-corrected chi connectivity index (χ2v) is 9.58. The van der Waals surface area contributed by atoms with E-state index in [1.54, 1.807) is 0 Å². The summed E-state index contributed by atoms with van der Waals surface area (Å²) >= 11 is 2.52. The molecule has 0 N–H and O–H groups in total. The van der Waals surface area contributed by atoms with E-state index in [4.69, 9.17) is 0 Å². The summed E-state index contributed by atoms with van der Waals surface area (Å²) < 4.78 is 133. The first-order valence-electron chi connectivity index (χ1n) is 8.79. The molecule has 0 unspecified atom stereocenters. The van der Waals surface area contributed by atoms with E-state index in [0.29, 0.717) is 19.1 Å². The Labute approximate surface area is 194 Å². The van der Waals surface area contributed by atoms with Gasteiger partial charge in [-0.05, 0) is 34.1 Å². The van der Waals surface area contributed by atoms with Crippen LogP contribution in [0.1, 0.15) is 35.5 Å². The van der Waals surface area contributed by atoms with Crippen molar-refractivity contribution in [2.24, 2.45) is 0 Å². The number of hydrogen-bond acceptors (Lipinski definition) is 5. The molecule has 0 aliphatic rings. The summed E-state index contributed by atoms with van der Waals surface area (Å²) in [5, 5.41) is 0. The molecule has 0 fully saturated rings. The Morgan fingerprint density at radius 2 is 1.59 bits per heavy atom. The van der Waals surface area contributed by atoms with Gasteiger partial charge in [-0.2, -0.15) is 35.1 Å². The van der Waals surface area contributed by atoms with E-state index in [1.165, 1.54) is 0 Å². The molecular weight excluding hydrogens is 574 g/mol. The molecule has 2 aromatic rings. The smallest absolute Gasteiger partial charge is 0.445 e. The highest BCUT2D eigenvalue weighted by atomic mass is 79.9. The maximum absolute atomic E-state index is 13.7. The highest BCUT2D eigenvalue weighted by molar-refractivity contribution is 9.10. The number of benzene rings is 1. The van der Waals surface area contributed by atoms with Crippen LogP contribution in [0.5, 0.6) is 0 Å². The van der Waals surface area contributed by atoms with Crippen molar-refractivity contribution in [2.45, 2.75) is 37.0 Å². The summed E-state index contributed by atoms with van der Waals surface area (Å²) in [5.74, 6) is -11.2. The fourth-order valence-corrected chi connectivity index (χ4v) is 4.21. The summed E-state index contributed by atoms with van der Waals surface area (Å²) in [6.07, 6.45) is -11.1. The molecule has 2 amide bonds. The standard InChI is InChI=1S/C18H12BrF8NO5S/c1-3-34(31,32)12-6-9(17(22,23)24)4-5-10(12)15(30)28(8(2)29)11-7-13(33-14(11)19)16(20,21)18(25,26)27/h4-7H,3H2,1-2H3. The van der Waals surface area contributed by atoms with Gasteiger partial charge in [0.15, 0.2) is 20.3 Å². The number of anilines is 1. The largest absolute Gasteiger partial charge is 0.461 e. The minimum atomic E-state index is -6.11. The van der Waals surface area contributed by atoms with Gasteiger partial charge in [0.1, 0.15) is 5.69 Å². The average Bonchev–Trinajstić information content (AvgIpc) is 3.07. The van der Waals surface area contributed by atoms with E-state index in [-0.39, 0.29) is 17.0 Å². The fraction of sp³-hybridized carbons (Fsp3) is 0.333. The van der Waals surface area contributed by atoms with Gasteiger partial charge in [-0.3, -0.25) is 9.59 Å². The molecule has 0 bridgehead atoms. The van der Waals surface area contributed by atoms with Crippen molar-refractivity contribution in [1.82, 2.24) is 0 Å². The normalized spacial score (nSPS) is 13.1. The maximum atomic E-state index is 13.7. The Bertz CT molecular complexity index is 1230. The number of amides is 2. The van der Waals surface area contributed by atoms with E-state index in [2.05, 4.69) is 20.3 Å². The highest BCUT2D eigenvalue weighted by Crippen LogP contribution is 2.47. The minimum absolute atomic E-state index is 0.0131. The van der Waals surface area contributed by atoms with Crippen molar-refractivity contribution in [2.75, 3.05) is 10.7 Å². The number of carbonyl (C=O) groups excluding carboxylic acids is 2. The van der Waals surface area contributed by atoms with Gasteiger partial charge < -0.3 is 4.42 Å². The number of rotatable bonds is 5. The molecular formula is C18H12BrF8NO5S. The lowest BCUT2D eigenvalue weighted by Crippen LogP contribution is -2.36. The highest BCUT2D eigenvalue weighted by Gasteiger charge is 2.61. The number of hydrogen-bond donors (Lipinski definition) is 0. The maximum Gasteiger partial charge on any atom is 0.461 e. The van der Waals surface area contributed by atoms with Gasteiger partial charge in [0.05, 0.1) is 21.8 Å². The first-order chi connectivity index (χ1) is 15.3. The molecule has 188 valence electrons. The summed E-state index contributed by atoms with van der Waals surface area (Å²) in [6.45, 7) is 1.74. The average molecular weight is 586 g/mol. The van der Waals surface area contributed by atoms with Gasteiger partial charge >= 0.3 is 18.3 Å². The molecule has 0 saturated heterocycles. The van der Waals surface area contributed by atoms with Gasteiger partial charge in [-0.25, -0.2) is 13.3 Å². The number of furan rings is 1. The Morgan fingerprint density at radius 3 is 2.03 bits per heavy atom.